The van der Waals surface area contributed by atoms with E-state index >= 15 is 0 Å². The van der Waals surface area contributed by atoms with Gasteiger partial charge in [-0.05, 0) is 60.9 Å². The van der Waals surface area contributed by atoms with Crippen LogP contribution in [0, 0.1) is 6.92 Å². The van der Waals surface area contributed by atoms with Crippen molar-refractivity contribution in [3.8, 4) is 0 Å². The van der Waals surface area contributed by atoms with Crippen molar-refractivity contribution in [2.45, 2.75) is 52.1 Å². The van der Waals surface area contributed by atoms with Crippen molar-refractivity contribution in [3.63, 3.8) is 0 Å². The Kier molecular flexibility index (Phi) is 7.17. The summed E-state index contributed by atoms with van der Waals surface area (Å²) in [5.41, 5.74) is 4.53. The topological polar surface area (TPSA) is 72.5 Å². The lowest BCUT2D eigenvalue weighted by atomic mass is 9.99. The first-order chi connectivity index (χ1) is 14.5. The van der Waals surface area contributed by atoms with Gasteiger partial charge in [0.15, 0.2) is 0 Å². The lowest BCUT2D eigenvalue weighted by Gasteiger charge is -2.10. The highest BCUT2D eigenvalue weighted by Crippen LogP contribution is 2.21. The van der Waals surface area contributed by atoms with Crippen LogP contribution in [0.25, 0.3) is 0 Å². The van der Waals surface area contributed by atoms with Crippen molar-refractivity contribution < 1.29 is 19.1 Å². The standard InChI is InChI=1S/C25H27NO4/c1-3-4-5-6-7-9-19-13-12-18(14-17(19)2)16-30-22(27)15-20-10-8-11-21-23(20)25(29)26-24(21)28/h3,8,10-14H,1,4-7,9,15-16H2,2H3,(H,26,28,29). The van der Waals surface area contributed by atoms with Gasteiger partial charge in [0.2, 0.25) is 0 Å². The number of nitrogens with one attached hydrogen (secondary N) is 1. The molecular formula is C25H27NO4. The normalized spacial score (nSPS) is 12.4. The van der Waals surface area contributed by atoms with Crippen LogP contribution in [-0.4, -0.2) is 17.8 Å². The molecule has 0 saturated carbocycles. The molecule has 5 heteroatoms. The first-order valence-corrected chi connectivity index (χ1v) is 10.3. The summed E-state index contributed by atoms with van der Waals surface area (Å²) < 4.78 is 5.41. The summed E-state index contributed by atoms with van der Waals surface area (Å²) in [7, 11) is 0. The minimum atomic E-state index is -0.464. The lowest BCUT2D eigenvalue weighted by molar-refractivity contribution is -0.144. The largest absolute Gasteiger partial charge is 0.461 e. The Morgan fingerprint density at radius 1 is 1.07 bits per heavy atom. The number of allylic oxidation sites excluding steroid dienone is 1. The summed E-state index contributed by atoms with van der Waals surface area (Å²) in [5, 5.41) is 2.26. The van der Waals surface area contributed by atoms with E-state index in [0.717, 1.165) is 24.8 Å². The summed E-state index contributed by atoms with van der Waals surface area (Å²) >= 11 is 0. The third-order valence-corrected chi connectivity index (χ3v) is 5.35. The van der Waals surface area contributed by atoms with Crippen LogP contribution in [0.2, 0.25) is 0 Å². The first-order valence-electron chi connectivity index (χ1n) is 10.3. The van der Waals surface area contributed by atoms with E-state index in [2.05, 4.69) is 31.0 Å². The van der Waals surface area contributed by atoms with Gasteiger partial charge < -0.3 is 4.74 Å². The molecule has 2 aromatic rings. The highest BCUT2D eigenvalue weighted by atomic mass is 16.5. The number of imide groups is 1. The van der Waals surface area contributed by atoms with Crippen LogP contribution in [-0.2, 0) is 29.0 Å². The van der Waals surface area contributed by atoms with Gasteiger partial charge in [0.25, 0.3) is 11.8 Å². The number of esters is 1. The maximum Gasteiger partial charge on any atom is 0.310 e. The van der Waals surface area contributed by atoms with Gasteiger partial charge in [0.05, 0.1) is 17.5 Å². The van der Waals surface area contributed by atoms with Gasteiger partial charge in [-0.2, -0.15) is 0 Å². The van der Waals surface area contributed by atoms with E-state index in [1.165, 1.54) is 24.0 Å². The summed E-state index contributed by atoms with van der Waals surface area (Å²) in [6, 6.07) is 11.1. The van der Waals surface area contributed by atoms with Gasteiger partial charge in [-0.25, -0.2) is 0 Å². The molecule has 0 aromatic heterocycles. The van der Waals surface area contributed by atoms with Crippen LogP contribution < -0.4 is 5.32 Å². The predicted octanol–water partition coefficient (Wildman–Crippen LogP) is 4.45. The van der Waals surface area contributed by atoms with E-state index in [1.54, 1.807) is 18.2 Å². The maximum absolute atomic E-state index is 12.3. The second kappa shape index (κ2) is 10.0. The van der Waals surface area contributed by atoms with Crippen molar-refractivity contribution in [2.24, 2.45) is 0 Å². The molecule has 2 aromatic carbocycles. The third-order valence-electron chi connectivity index (χ3n) is 5.35. The van der Waals surface area contributed by atoms with E-state index in [0.29, 0.717) is 11.1 Å². The van der Waals surface area contributed by atoms with Crippen molar-refractivity contribution in [1.29, 1.82) is 0 Å². The number of ether oxygens (including phenoxy) is 1. The second-order valence-electron chi connectivity index (χ2n) is 7.61. The highest BCUT2D eigenvalue weighted by Gasteiger charge is 2.29. The number of hydrogen-bond donors (Lipinski definition) is 1. The van der Waals surface area contributed by atoms with Gasteiger partial charge in [0.1, 0.15) is 6.61 Å². The molecule has 30 heavy (non-hydrogen) atoms. The van der Waals surface area contributed by atoms with Crippen LogP contribution in [0.15, 0.2) is 49.1 Å². The Morgan fingerprint density at radius 2 is 1.90 bits per heavy atom. The monoisotopic (exact) mass is 405 g/mol. The smallest absolute Gasteiger partial charge is 0.310 e. The number of carbonyl (C=O) groups is 3. The average Bonchev–Trinajstić information content (AvgIpc) is 3.02. The highest BCUT2D eigenvalue weighted by molar-refractivity contribution is 6.22. The number of unbranched alkanes of at least 4 members (excludes halogenated alkanes) is 3. The van der Waals surface area contributed by atoms with Crippen molar-refractivity contribution in [1.82, 2.24) is 5.32 Å². The lowest BCUT2D eigenvalue weighted by Crippen LogP contribution is -2.20. The summed E-state index contributed by atoms with van der Waals surface area (Å²) in [4.78, 5) is 36.0. The molecule has 156 valence electrons. The fourth-order valence-electron chi connectivity index (χ4n) is 3.72. The predicted molar refractivity (Wildman–Crippen MR) is 115 cm³/mol. The molecule has 0 saturated heterocycles. The van der Waals surface area contributed by atoms with Crippen LogP contribution in [0.4, 0.5) is 0 Å². The van der Waals surface area contributed by atoms with E-state index in [-0.39, 0.29) is 18.6 Å². The minimum Gasteiger partial charge on any atom is -0.461 e. The Labute approximate surface area is 177 Å². The molecule has 2 amide bonds. The average molecular weight is 405 g/mol. The zero-order chi connectivity index (χ0) is 21.5. The fraction of sp³-hybridized carbons (Fsp3) is 0.320. The molecule has 0 bridgehead atoms. The zero-order valence-electron chi connectivity index (χ0n) is 17.3. The minimum absolute atomic E-state index is 0.0500. The molecule has 0 spiro atoms. The number of carbonyl (C=O) groups excluding carboxylic acids is 3. The van der Waals surface area contributed by atoms with Crippen LogP contribution in [0.5, 0.6) is 0 Å². The number of benzene rings is 2. The van der Waals surface area contributed by atoms with Gasteiger partial charge in [-0.1, -0.05) is 42.8 Å². The molecule has 0 radical (unpaired) electrons. The Morgan fingerprint density at radius 3 is 2.67 bits per heavy atom. The number of aryl methyl sites for hydroxylation is 2. The molecule has 0 unspecified atom stereocenters. The number of hydrogen-bond acceptors (Lipinski definition) is 4. The number of fused-ring (bicyclic) bond motifs is 1. The Hall–Kier alpha value is -3.21. The molecule has 1 N–H and O–H groups in total. The maximum atomic E-state index is 12.3. The third kappa shape index (κ3) is 5.23. The van der Waals surface area contributed by atoms with Crippen LogP contribution in [0.1, 0.15) is 68.7 Å². The second-order valence-corrected chi connectivity index (χ2v) is 7.61. The SMILES string of the molecule is C=CCCCCCc1ccc(COC(=O)Cc2cccc3c2C(=O)NC3=O)cc1C. The van der Waals surface area contributed by atoms with Gasteiger partial charge in [0, 0.05) is 0 Å². The first kappa shape index (κ1) is 21.5. The zero-order valence-corrected chi connectivity index (χ0v) is 17.3. The van der Waals surface area contributed by atoms with E-state index < -0.39 is 17.8 Å². The molecule has 1 heterocycles. The molecule has 3 rings (SSSR count). The number of rotatable bonds is 10. The Bertz CT molecular complexity index is 977. The van der Waals surface area contributed by atoms with Crippen LogP contribution in [0.3, 0.4) is 0 Å². The van der Waals surface area contributed by atoms with Crippen molar-refractivity contribution >= 4 is 17.8 Å². The Balaban J connectivity index is 1.53. The van der Waals surface area contributed by atoms with Crippen LogP contribution >= 0.6 is 0 Å². The van der Waals surface area contributed by atoms with E-state index in [4.69, 9.17) is 4.74 Å². The summed E-state index contributed by atoms with van der Waals surface area (Å²) in [6.07, 6.45) is 7.54. The fourth-order valence-corrected chi connectivity index (χ4v) is 3.72. The molecule has 0 atom stereocenters. The van der Waals surface area contributed by atoms with Gasteiger partial charge in [-0.3, -0.25) is 19.7 Å². The quantitative estimate of drug-likeness (QED) is 0.274. The van der Waals surface area contributed by atoms with Gasteiger partial charge >= 0.3 is 5.97 Å². The van der Waals surface area contributed by atoms with Crippen molar-refractivity contribution in [2.75, 3.05) is 0 Å². The molecule has 1 aliphatic heterocycles. The van der Waals surface area contributed by atoms with E-state index in [9.17, 15) is 14.4 Å². The molecule has 5 nitrogen and oxygen atoms in total. The molecular weight excluding hydrogens is 378 g/mol. The summed E-state index contributed by atoms with van der Waals surface area (Å²) in [6.45, 7) is 6.00. The van der Waals surface area contributed by atoms with Crippen molar-refractivity contribution in [3.05, 3.63) is 82.4 Å². The van der Waals surface area contributed by atoms with E-state index in [1.807, 2.05) is 12.1 Å². The number of amides is 2. The molecule has 0 fully saturated rings. The van der Waals surface area contributed by atoms with Gasteiger partial charge in [-0.15, -0.1) is 6.58 Å². The molecule has 1 aliphatic rings. The summed E-state index contributed by atoms with van der Waals surface area (Å²) in [5.74, 6) is -1.32. The molecule has 0 aliphatic carbocycles.